The lowest BCUT2D eigenvalue weighted by atomic mass is 11.8. The lowest BCUT2D eigenvalue weighted by Gasteiger charge is -2.35. The number of hydrogen-bond donors (Lipinski definition) is 2. The third kappa shape index (κ3) is 36.3. The van der Waals surface area contributed by atoms with E-state index in [0.29, 0.717) is 0 Å². The van der Waals surface area contributed by atoms with Crippen molar-refractivity contribution in [1.82, 2.24) is 0 Å². The van der Waals surface area contributed by atoms with Crippen molar-refractivity contribution in [2.45, 2.75) is 80.3 Å². The minimum absolute atomic E-state index is 0. The Balaban J connectivity index is -0.000000158. The average Bonchev–Trinajstić information content (AvgIpc) is 1.64. The first-order valence-corrected chi connectivity index (χ1v) is 18.8. The lowest BCUT2D eigenvalue weighted by molar-refractivity contribution is 0.382. The van der Waals surface area contributed by atoms with Crippen LogP contribution in [0.4, 0.5) is 0 Å². The van der Waals surface area contributed by atoms with Crippen LogP contribution in [0.5, 0.6) is 0 Å². The van der Waals surface area contributed by atoms with Crippen molar-refractivity contribution < 1.29 is 17.8 Å². The Hall–Kier alpha value is 0.708. The van der Waals surface area contributed by atoms with E-state index in [4.69, 9.17) is 17.8 Å². The van der Waals surface area contributed by atoms with Crippen molar-refractivity contribution in [3.05, 3.63) is 0 Å². The molecular formula is C12H40O4Si4. The fraction of sp³-hybridized carbons (Fsp3) is 1.00. The van der Waals surface area contributed by atoms with E-state index in [2.05, 4.69) is 52.4 Å². The molecule has 0 aliphatic heterocycles. The Morgan fingerprint density at radius 3 is 0.800 bits per heavy atom. The standard InChI is InChI=1S/C8H24O2Si3.C2H8O2Si.2CH4/c1-11(2,3)9-13(7,8)10-12(4,5)6;1-5(2,3)4;;/h1-8H3;3-4H,1-2H3;2*1H4. The Morgan fingerprint density at radius 1 is 0.550 bits per heavy atom. The predicted molar refractivity (Wildman–Crippen MR) is 102 cm³/mol. The molecule has 0 aromatic rings. The first kappa shape index (κ1) is 28.8. The molecule has 0 atom stereocenters. The van der Waals surface area contributed by atoms with Crippen molar-refractivity contribution in [2.75, 3.05) is 0 Å². The Morgan fingerprint density at radius 2 is 0.700 bits per heavy atom. The molecule has 128 valence electrons. The maximum absolute atomic E-state index is 8.22. The molecule has 20 heavy (non-hydrogen) atoms. The molecule has 0 amide bonds. The van der Waals surface area contributed by atoms with E-state index in [1.54, 1.807) is 0 Å². The number of hydrogen-bond acceptors (Lipinski definition) is 4. The average molecular weight is 361 g/mol. The smallest absolute Gasteiger partial charge is 0.326 e. The molecule has 2 N–H and O–H groups in total. The van der Waals surface area contributed by atoms with Gasteiger partial charge in [0.2, 0.25) is 0 Å². The van der Waals surface area contributed by atoms with Gasteiger partial charge in [0.15, 0.2) is 16.6 Å². The zero-order chi connectivity index (χ0) is 15.4. The third-order valence-corrected chi connectivity index (χ3v) is 9.94. The minimum Gasteiger partial charge on any atom is -0.437 e. The van der Waals surface area contributed by atoms with Gasteiger partial charge in [-0.15, -0.1) is 0 Å². The molecule has 8 heteroatoms. The second-order valence-electron chi connectivity index (χ2n) is 7.32. The lowest BCUT2D eigenvalue weighted by Crippen LogP contribution is -2.50. The largest absolute Gasteiger partial charge is 0.437 e. The van der Waals surface area contributed by atoms with E-state index in [1.807, 2.05) is 0 Å². The first-order valence-electron chi connectivity index (χ1n) is 6.26. The molecule has 0 saturated heterocycles. The van der Waals surface area contributed by atoms with Crippen LogP contribution in [0.15, 0.2) is 0 Å². The maximum Gasteiger partial charge on any atom is 0.326 e. The van der Waals surface area contributed by atoms with E-state index < -0.39 is 33.8 Å². The summed E-state index contributed by atoms with van der Waals surface area (Å²) in [6.07, 6.45) is 0. The van der Waals surface area contributed by atoms with Crippen molar-refractivity contribution >= 4 is 33.8 Å². The van der Waals surface area contributed by atoms with Crippen LogP contribution in [0.25, 0.3) is 0 Å². The molecule has 0 aromatic heterocycles. The van der Waals surface area contributed by atoms with Crippen molar-refractivity contribution in [3.8, 4) is 0 Å². The summed E-state index contributed by atoms with van der Waals surface area (Å²) in [5.74, 6) is 0. The summed E-state index contributed by atoms with van der Waals surface area (Å²) in [6.45, 7) is 20.5. The second-order valence-corrected chi connectivity index (χ2v) is 23.2. The molecule has 0 fully saturated rings. The highest BCUT2D eigenvalue weighted by Gasteiger charge is 2.35. The molecule has 0 spiro atoms. The van der Waals surface area contributed by atoms with Crippen LogP contribution in [0.3, 0.4) is 0 Å². The molecule has 0 aliphatic carbocycles. The van der Waals surface area contributed by atoms with Gasteiger partial charge in [-0.1, -0.05) is 14.9 Å². The zero-order valence-corrected chi connectivity index (χ0v) is 17.7. The highest BCUT2D eigenvalue weighted by Crippen LogP contribution is 2.19. The van der Waals surface area contributed by atoms with Crippen LogP contribution in [-0.2, 0) is 8.23 Å². The van der Waals surface area contributed by atoms with Gasteiger partial charge in [0.25, 0.3) is 0 Å². The van der Waals surface area contributed by atoms with Gasteiger partial charge in [0.1, 0.15) is 0 Å². The summed E-state index contributed by atoms with van der Waals surface area (Å²) in [6, 6.07) is 0. The summed E-state index contributed by atoms with van der Waals surface area (Å²) < 4.78 is 12.2. The van der Waals surface area contributed by atoms with Gasteiger partial charge in [-0.2, -0.15) is 0 Å². The molecule has 0 heterocycles. The molecule has 0 aromatic carbocycles. The van der Waals surface area contributed by atoms with Crippen molar-refractivity contribution in [1.29, 1.82) is 0 Å². The number of rotatable bonds is 4. The molecule has 0 unspecified atom stereocenters. The monoisotopic (exact) mass is 360 g/mol. The fourth-order valence-electron chi connectivity index (χ4n) is 1.50. The van der Waals surface area contributed by atoms with Gasteiger partial charge in [-0.25, -0.2) is 0 Å². The van der Waals surface area contributed by atoms with Gasteiger partial charge < -0.3 is 17.8 Å². The molecule has 0 radical (unpaired) electrons. The third-order valence-electron chi connectivity index (χ3n) is 1.10. The highest BCUT2D eigenvalue weighted by atomic mass is 28.5. The molecular weight excluding hydrogens is 320 g/mol. The fourth-order valence-corrected chi connectivity index (χ4v) is 13.8. The summed E-state index contributed by atoms with van der Waals surface area (Å²) in [5, 5.41) is 0. The molecule has 0 rings (SSSR count). The van der Waals surface area contributed by atoms with E-state index in [-0.39, 0.29) is 14.9 Å². The normalized spacial score (nSPS) is 12.6. The second kappa shape index (κ2) is 9.67. The minimum atomic E-state index is -2.61. The summed E-state index contributed by atoms with van der Waals surface area (Å²) >= 11 is 0. The SMILES string of the molecule is C.C.C[Si](C)(C)O[Si](C)(C)O[Si](C)(C)C.C[Si](C)(O)O. The van der Waals surface area contributed by atoms with Gasteiger partial charge in [0.05, 0.1) is 0 Å². The van der Waals surface area contributed by atoms with Gasteiger partial charge in [0, 0.05) is 0 Å². The van der Waals surface area contributed by atoms with Gasteiger partial charge in [-0.05, 0) is 65.5 Å². The highest BCUT2D eigenvalue weighted by molar-refractivity contribution is 6.87. The van der Waals surface area contributed by atoms with Crippen molar-refractivity contribution in [2.24, 2.45) is 0 Å². The van der Waals surface area contributed by atoms with E-state index >= 15 is 0 Å². The Labute approximate surface area is 132 Å². The summed E-state index contributed by atoms with van der Waals surface area (Å²) in [4.78, 5) is 16.4. The molecule has 4 nitrogen and oxygen atoms in total. The summed E-state index contributed by atoms with van der Waals surface area (Å²) in [5.41, 5.74) is 0. The van der Waals surface area contributed by atoms with E-state index in [1.165, 1.54) is 13.1 Å². The molecule has 0 saturated carbocycles. The van der Waals surface area contributed by atoms with Crippen LogP contribution in [0, 0.1) is 0 Å². The van der Waals surface area contributed by atoms with E-state index in [9.17, 15) is 0 Å². The molecule has 0 aliphatic rings. The predicted octanol–water partition coefficient (Wildman–Crippen LogP) is 4.34. The van der Waals surface area contributed by atoms with Crippen molar-refractivity contribution in [3.63, 3.8) is 0 Å². The van der Waals surface area contributed by atoms with Crippen LogP contribution < -0.4 is 0 Å². The van der Waals surface area contributed by atoms with Crippen LogP contribution in [0.2, 0.25) is 65.5 Å². The Kier molecular flexibility index (Phi) is 13.9. The first-order chi connectivity index (χ1) is 7.41. The van der Waals surface area contributed by atoms with Crippen LogP contribution >= 0.6 is 0 Å². The quantitative estimate of drug-likeness (QED) is 0.732. The topological polar surface area (TPSA) is 58.9 Å². The Bertz CT molecular complexity index is 215. The van der Waals surface area contributed by atoms with Crippen LogP contribution in [-0.4, -0.2) is 43.3 Å². The van der Waals surface area contributed by atoms with Gasteiger partial charge in [-0.3, -0.25) is 0 Å². The van der Waals surface area contributed by atoms with E-state index in [0.717, 1.165) is 0 Å². The zero-order valence-electron chi connectivity index (χ0n) is 13.7. The molecule has 0 bridgehead atoms. The van der Waals surface area contributed by atoms with Gasteiger partial charge >= 0.3 is 17.1 Å². The van der Waals surface area contributed by atoms with Crippen LogP contribution in [0.1, 0.15) is 14.9 Å². The summed E-state index contributed by atoms with van der Waals surface area (Å²) in [7, 11) is -7.33. The maximum atomic E-state index is 8.22.